The summed E-state index contributed by atoms with van der Waals surface area (Å²) >= 11 is 0. The van der Waals surface area contributed by atoms with Crippen molar-refractivity contribution in [1.82, 2.24) is 24.6 Å². The number of rotatable bonds is 5. The number of hydrogen-bond donors (Lipinski definition) is 0. The van der Waals surface area contributed by atoms with Crippen LogP contribution in [0.15, 0.2) is 48.5 Å². The Labute approximate surface area is 208 Å². The number of halogens is 2. The molecule has 1 aliphatic rings. The predicted molar refractivity (Wildman–Crippen MR) is 134 cm³/mol. The van der Waals surface area contributed by atoms with Gasteiger partial charge < -0.3 is 9.80 Å². The molecule has 0 atom stereocenters. The molecule has 4 aromatic rings. The van der Waals surface area contributed by atoms with Crippen molar-refractivity contribution in [1.29, 1.82) is 0 Å². The summed E-state index contributed by atoms with van der Waals surface area (Å²) in [6.07, 6.45) is 2.39. The highest BCUT2D eigenvalue weighted by Crippen LogP contribution is 2.30. The summed E-state index contributed by atoms with van der Waals surface area (Å²) in [5.41, 5.74) is 2.69. The lowest BCUT2D eigenvalue weighted by molar-refractivity contribution is 0.0767. The Morgan fingerprint density at radius 3 is 2.31 bits per heavy atom. The topological polar surface area (TPSA) is 67.2 Å². The first-order valence-corrected chi connectivity index (χ1v) is 12.3. The molecular weight excluding hydrogens is 462 g/mol. The van der Waals surface area contributed by atoms with Crippen molar-refractivity contribution < 1.29 is 13.6 Å². The fourth-order valence-electron chi connectivity index (χ4n) is 4.64. The fraction of sp³-hybridized carbons (Fsp3) is 0.333. The van der Waals surface area contributed by atoms with E-state index in [9.17, 15) is 13.6 Å². The zero-order valence-electron chi connectivity index (χ0n) is 20.4. The summed E-state index contributed by atoms with van der Waals surface area (Å²) in [5.74, 6) is 0.771. The summed E-state index contributed by atoms with van der Waals surface area (Å²) in [6, 6.07) is 11.9. The van der Waals surface area contributed by atoms with Gasteiger partial charge in [0.1, 0.15) is 23.3 Å². The number of carbonyl (C=O) groups excluding carboxylic acids is 1. The van der Waals surface area contributed by atoms with E-state index >= 15 is 0 Å². The summed E-state index contributed by atoms with van der Waals surface area (Å²) in [6.45, 7) is 6.47. The number of aromatic nitrogens is 4. The highest BCUT2D eigenvalue weighted by Gasteiger charge is 2.25. The van der Waals surface area contributed by atoms with Crippen LogP contribution in [0.3, 0.4) is 0 Å². The maximum atomic E-state index is 13.5. The Morgan fingerprint density at radius 2 is 1.61 bits per heavy atom. The van der Waals surface area contributed by atoms with E-state index in [2.05, 4.69) is 11.8 Å². The molecule has 0 aliphatic carbocycles. The third-order valence-corrected chi connectivity index (χ3v) is 6.45. The molecule has 5 rings (SSSR count). The summed E-state index contributed by atoms with van der Waals surface area (Å²) in [4.78, 5) is 26.8. The van der Waals surface area contributed by atoms with Gasteiger partial charge in [-0.15, -0.1) is 0 Å². The van der Waals surface area contributed by atoms with E-state index in [1.165, 1.54) is 36.4 Å². The molecule has 0 unspecified atom stereocenters. The van der Waals surface area contributed by atoms with E-state index in [1.54, 1.807) is 16.8 Å². The lowest BCUT2D eigenvalue weighted by atomic mass is 10.2. The van der Waals surface area contributed by atoms with E-state index in [1.807, 2.05) is 11.8 Å². The second kappa shape index (κ2) is 10.0. The van der Waals surface area contributed by atoms with Crippen LogP contribution in [0.25, 0.3) is 16.7 Å². The Morgan fingerprint density at radius 1 is 0.917 bits per heavy atom. The Bertz CT molecular complexity index is 1380. The van der Waals surface area contributed by atoms with Crippen LogP contribution in [0.2, 0.25) is 0 Å². The minimum absolute atomic E-state index is 0.100. The molecule has 9 heteroatoms. The van der Waals surface area contributed by atoms with Crippen molar-refractivity contribution in [2.45, 2.75) is 33.1 Å². The number of fused-ring (bicyclic) bond motifs is 1. The molecule has 2 aromatic carbocycles. The SMILES string of the molecule is CCCc1nc(N2CCCN(C(=O)c3ccc(F)cc3)CC2)c2c(C)nn(-c3ccc(F)cc3)c2n1. The van der Waals surface area contributed by atoms with Crippen molar-refractivity contribution >= 4 is 22.8 Å². The molecule has 3 heterocycles. The van der Waals surface area contributed by atoms with Gasteiger partial charge in [-0.2, -0.15) is 5.10 Å². The minimum atomic E-state index is -0.360. The van der Waals surface area contributed by atoms with Crippen molar-refractivity contribution in [3.8, 4) is 5.69 Å². The average molecular weight is 491 g/mol. The first-order chi connectivity index (χ1) is 17.4. The molecule has 1 amide bonds. The molecule has 186 valence electrons. The van der Waals surface area contributed by atoms with Gasteiger partial charge in [0.2, 0.25) is 0 Å². The summed E-state index contributed by atoms with van der Waals surface area (Å²) in [7, 11) is 0. The number of nitrogens with zero attached hydrogens (tertiary/aromatic N) is 6. The van der Waals surface area contributed by atoms with Crippen molar-refractivity contribution in [2.75, 3.05) is 31.1 Å². The summed E-state index contributed by atoms with van der Waals surface area (Å²) in [5, 5.41) is 5.59. The molecule has 1 fully saturated rings. The number of carbonyl (C=O) groups is 1. The van der Waals surface area contributed by atoms with E-state index in [0.717, 1.165) is 54.2 Å². The lowest BCUT2D eigenvalue weighted by Crippen LogP contribution is -2.35. The zero-order chi connectivity index (χ0) is 25.2. The summed E-state index contributed by atoms with van der Waals surface area (Å²) < 4.78 is 28.6. The lowest BCUT2D eigenvalue weighted by Gasteiger charge is -2.24. The maximum Gasteiger partial charge on any atom is 0.253 e. The number of anilines is 1. The maximum absolute atomic E-state index is 13.5. The molecule has 36 heavy (non-hydrogen) atoms. The zero-order valence-corrected chi connectivity index (χ0v) is 20.4. The molecule has 0 saturated carbocycles. The molecule has 0 radical (unpaired) electrons. The first-order valence-electron chi connectivity index (χ1n) is 12.3. The van der Waals surface area contributed by atoms with Crippen LogP contribution in [0.1, 0.15) is 41.6 Å². The first kappa shape index (κ1) is 23.8. The van der Waals surface area contributed by atoms with Gasteiger partial charge in [0.05, 0.1) is 16.8 Å². The predicted octanol–water partition coefficient (Wildman–Crippen LogP) is 4.71. The van der Waals surface area contributed by atoms with Gasteiger partial charge in [-0.05, 0) is 68.3 Å². The second-order valence-corrected chi connectivity index (χ2v) is 9.03. The standard InChI is InChI=1S/C27H28F2N6O/c1-3-5-23-30-25(24-18(2)32-35(26(24)31-23)22-12-10-21(29)11-13-22)33-14-4-15-34(17-16-33)27(36)19-6-8-20(28)9-7-19/h6-13H,3-5,14-17H2,1-2H3. The molecule has 1 saturated heterocycles. The molecule has 2 aromatic heterocycles. The van der Waals surface area contributed by atoms with Crippen molar-refractivity contribution in [3.63, 3.8) is 0 Å². The smallest absolute Gasteiger partial charge is 0.253 e. The number of amides is 1. The number of benzene rings is 2. The normalized spacial score (nSPS) is 14.3. The largest absolute Gasteiger partial charge is 0.354 e. The highest BCUT2D eigenvalue weighted by atomic mass is 19.1. The molecule has 7 nitrogen and oxygen atoms in total. The average Bonchev–Trinajstić information content (AvgIpc) is 3.04. The van der Waals surface area contributed by atoms with Crippen molar-refractivity contribution in [3.05, 3.63) is 77.2 Å². The van der Waals surface area contributed by atoms with Gasteiger partial charge >= 0.3 is 0 Å². The Balaban J connectivity index is 1.49. The number of hydrogen-bond acceptors (Lipinski definition) is 5. The van der Waals surface area contributed by atoms with Crippen LogP contribution in [-0.4, -0.2) is 56.7 Å². The van der Waals surface area contributed by atoms with Crippen LogP contribution in [0.4, 0.5) is 14.6 Å². The molecular formula is C27H28F2N6O. The number of aryl methyl sites for hydroxylation is 2. The van der Waals surface area contributed by atoms with Gasteiger partial charge in [0, 0.05) is 38.2 Å². The molecule has 0 bridgehead atoms. The molecule has 1 aliphatic heterocycles. The Kier molecular flexibility index (Phi) is 6.63. The molecule has 0 N–H and O–H groups in total. The van der Waals surface area contributed by atoms with E-state index < -0.39 is 0 Å². The van der Waals surface area contributed by atoms with Crippen LogP contribution in [-0.2, 0) is 6.42 Å². The van der Waals surface area contributed by atoms with Gasteiger partial charge in [0.15, 0.2) is 5.65 Å². The third-order valence-electron chi connectivity index (χ3n) is 6.45. The van der Waals surface area contributed by atoms with Crippen LogP contribution < -0.4 is 4.90 Å². The third kappa shape index (κ3) is 4.65. The monoisotopic (exact) mass is 490 g/mol. The van der Waals surface area contributed by atoms with Gasteiger partial charge in [-0.3, -0.25) is 4.79 Å². The van der Waals surface area contributed by atoms with Gasteiger partial charge in [-0.1, -0.05) is 6.92 Å². The highest BCUT2D eigenvalue weighted by molar-refractivity contribution is 5.94. The fourth-order valence-corrected chi connectivity index (χ4v) is 4.64. The van der Waals surface area contributed by atoms with E-state index in [-0.39, 0.29) is 17.5 Å². The van der Waals surface area contributed by atoms with Crippen LogP contribution in [0.5, 0.6) is 0 Å². The van der Waals surface area contributed by atoms with Crippen LogP contribution >= 0.6 is 0 Å². The molecule has 0 spiro atoms. The van der Waals surface area contributed by atoms with Crippen molar-refractivity contribution in [2.24, 2.45) is 0 Å². The van der Waals surface area contributed by atoms with E-state index in [0.29, 0.717) is 30.8 Å². The minimum Gasteiger partial charge on any atom is -0.354 e. The van der Waals surface area contributed by atoms with E-state index in [4.69, 9.17) is 15.1 Å². The van der Waals surface area contributed by atoms with Crippen LogP contribution in [0, 0.1) is 18.6 Å². The quantitative estimate of drug-likeness (QED) is 0.406. The van der Waals surface area contributed by atoms with Gasteiger partial charge in [-0.25, -0.2) is 23.4 Å². The Hall–Kier alpha value is -3.88. The second-order valence-electron chi connectivity index (χ2n) is 9.03. The van der Waals surface area contributed by atoms with Gasteiger partial charge in [0.25, 0.3) is 5.91 Å².